The Morgan fingerprint density at radius 3 is 2.10 bits per heavy atom. The van der Waals surface area contributed by atoms with Crippen LogP contribution in [-0.2, 0) is 9.59 Å². The molecule has 2 aromatic carbocycles. The zero-order chi connectivity index (χ0) is 20.8. The Bertz CT molecular complexity index is 791. The van der Waals surface area contributed by atoms with Gasteiger partial charge in [-0.1, -0.05) is 79.9 Å². The minimum absolute atomic E-state index is 0.0499. The van der Waals surface area contributed by atoms with Crippen LogP contribution in [-0.4, -0.2) is 29.8 Å². The van der Waals surface area contributed by atoms with E-state index >= 15 is 0 Å². The zero-order valence-electron chi connectivity index (χ0n) is 17.6. The van der Waals surface area contributed by atoms with Gasteiger partial charge in [-0.25, -0.2) is 0 Å². The first-order chi connectivity index (χ1) is 14.7. The summed E-state index contributed by atoms with van der Waals surface area (Å²) in [6, 6.07) is 20.0. The third-order valence-electron chi connectivity index (χ3n) is 6.63. The molecule has 1 N–H and O–H groups in total. The number of likely N-dealkylation sites (tertiary alicyclic amines) is 1. The second-order valence-electron chi connectivity index (χ2n) is 8.80. The van der Waals surface area contributed by atoms with Gasteiger partial charge < -0.3 is 10.2 Å². The second kappa shape index (κ2) is 9.92. The fraction of sp³-hybridized carbons (Fsp3) is 0.462. The maximum absolute atomic E-state index is 13.3. The monoisotopic (exact) mass is 404 g/mol. The van der Waals surface area contributed by atoms with Crippen molar-refractivity contribution in [2.24, 2.45) is 11.8 Å². The summed E-state index contributed by atoms with van der Waals surface area (Å²) in [5, 5.41) is 3.28. The van der Waals surface area contributed by atoms with Crippen molar-refractivity contribution in [3.8, 4) is 0 Å². The van der Waals surface area contributed by atoms with Crippen molar-refractivity contribution >= 4 is 11.8 Å². The van der Waals surface area contributed by atoms with Gasteiger partial charge >= 0.3 is 0 Å². The fourth-order valence-electron chi connectivity index (χ4n) is 4.90. The number of rotatable bonds is 6. The number of amides is 2. The molecule has 0 radical (unpaired) electrons. The maximum Gasteiger partial charge on any atom is 0.225 e. The summed E-state index contributed by atoms with van der Waals surface area (Å²) in [6.45, 7) is 1.38. The quantitative estimate of drug-likeness (QED) is 0.758. The molecule has 0 spiro atoms. The van der Waals surface area contributed by atoms with E-state index in [9.17, 15) is 9.59 Å². The smallest absolute Gasteiger partial charge is 0.225 e. The number of benzene rings is 2. The first-order valence-electron chi connectivity index (χ1n) is 11.4. The van der Waals surface area contributed by atoms with Crippen molar-refractivity contribution in [2.45, 2.75) is 51.0 Å². The van der Waals surface area contributed by atoms with Crippen LogP contribution < -0.4 is 5.32 Å². The van der Waals surface area contributed by atoms with E-state index in [4.69, 9.17) is 0 Å². The summed E-state index contributed by atoms with van der Waals surface area (Å²) in [7, 11) is 0. The fourth-order valence-corrected chi connectivity index (χ4v) is 4.90. The average Bonchev–Trinajstić information content (AvgIpc) is 2.80. The topological polar surface area (TPSA) is 49.4 Å². The molecule has 2 amide bonds. The van der Waals surface area contributed by atoms with Crippen LogP contribution in [0.25, 0.3) is 0 Å². The summed E-state index contributed by atoms with van der Waals surface area (Å²) >= 11 is 0. The van der Waals surface area contributed by atoms with Crippen LogP contribution in [0.1, 0.15) is 62.1 Å². The molecule has 0 aromatic heterocycles. The summed E-state index contributed by atoms with van der Waals surface area (Å²) in [6.07, 6.45) is 7.40. The molecule has 0 unspecified atom stereocenters. The summed E-state index contributed by atoms with van der Waals surface area (Å²) in [5.41, 5.74) is 2.14. The van der Waals surface area contributed by atoms with Gasteiger partial charge in [0.1, 0.15) is 0 Å². The number of carbonyl (C=O) groups is 2. The summed E-state index contributed by atoms with van der Waals surface area (Å²) < 4.78 is 0. The number of carbonyl (C=O) groups excluding carboxylic acids is 2. The van der Waals surface area contributed by atoms with E-state index in [1.54, 1.807) is 0 Å². The van der Waals surface area contributed by atoms with E-state index in [1.165, 1.54) is 32.1 Å². The molecule has 1 heterocycles. The molecule has 1 saturated heterocycles. The normalized spacial score (nSPS) is 20.4. The molecule has 1 aliphatic heterocycles. The van der Waals surface area contributed by atoms with Crippen molar-refractivity contribution < 1.29 is 9.59 Å². The van der Waals surface area contributed by atoms with Crippen molar-refractivity contribution in [3.63, 3.8) is 0 Å². The van der Waals surface area contributed by atoms with Gasteiger partial charge in [0, 0.05) is 19.5 Å². The molecule has 2 aliphatic rings. The van der Waals surface area contributed by atoms with E-state index in [1.807, 2.05) is 41.3 Å². The first kappa shape index (κ1) is 20.6. The van der Waals surface area contributed by atoms with E-state index in [0.29, 0.717) is 25.3 Å². The Labute approximate surface area is 179 Å². The molecule has 158 valence electrons. The highest BCUT2D eigenvalue weighted by molar-refractivity contribution is 5.84. The van der Waals surface area contributed by atoms with Crippen molar-refractivity contribution in [2.75, 3.05) is 13.1 Å². The van der Waals surface area contributed by atoms with Gasteiger partial charge in [-0.2, -0.15) is 0 Å². The van der Waals surface area contributed by atoms with E-state index < -0.39 is 0 Å². The van der Waals surface area contributed by atoms with Gasteiger partial charge in [0.2, 0.25) is 11.8 Å². The summed E-state index contributed by atoms with van der Waals surface area (Å²) in [5.74, 6) is 0.730. The van der Waals surface area contributed by atoms with Crippen LogP contribution >= 0.6 is 0 Å². The van der Waals surface area contributed by atoms with Crippen molar-refractivity contribution in [3.05, 3.63) is 71.8 Å². The minimum atomic E-state index is -0.177. The highest BCUT2D eigenvalue weighted by Gasteiger charge is 2.32. The lowest BCUT2D eigenvalue weighted by atomic mass is 9.87. The highest BCUT2D eigenvalue weighted by Crippen LogP contribution is 2.28. The summed E-state index contributed by atoms with van der Waals surface area (Å²) in [4.78, 5) is 27.7. The largest absolute Gasteiger partial charge is 0.345 e. The van der Waals surface area contributed by atoms with Gasteiger partial charge in [0.05, 0.1) is 12.0 Å². The van der Waals surface area contributed by atoms with E-state index in [2.05, 4.69) is 29.6 Å². The highest BCUT2D eigenvalue weighted by atomic mass is 16.2. The van der Waals surface area contributed by atoms with Crippen molar-refractivity contribution in [1.29, 1.82) is 0 Å². The maximum atomic E-state index is 13.3. The second-order valence-corrected chi connectivity index (χ2v) is 8.80. The molecule has 2 aromatic rings. The average molecular weight is 405 g/mol. The number of nitrogens with zero attached hydrogens (tertiary/aromatic N) is 1. The van der Waals surface area contributed by atoms with Crippen LogP contribution in [0.15, 0.2) is 60.7 Å². The predicted molar refractivity (Wildman–Crippen MR) is 119 cm³/mol. The third-order valence-corrected chi connectivity index (χ3v) is 6.63. The first-order valence-corrected chi connectivity index (χ1v) is 11.4. The van der Waals surface area contributed by atoms with E-state index in [-0.39, 0.29) is 23.8 Å². The molecule has 2 fully saturated rings. The number of nitrogens with one attached hydrogen (secondary N) is 1. The molecule has 0 bridgehead atoms. The lowest BCUT2D eigenvalue weighted by molar-refractivity contribution is -0.139. The van der Waals surface area contributed by atoms with Gasteiger partial charge in [0.25, 0.3) is 0 Å². The van der Waals surface area contributed by atoms with Crippen LogP contribution in [0.4, 0.5) is 0 Å². The molecule has 4 rings (SSSR count). The van der Waals surface area contributed by atoms with Crippen LogP contribution in [0.3, 0.4) is 0 Å². The minimum Gasteiger partial charge on any atom is -0.345 e. The Hall–Kier alpha value is -2.62. The standard InChI is InChI=1S/C26H32N2O2/c29-24-17-16-23(19-28(24)18-20-10-4-1-5-11-20)26(30)27-25(21-12-6-2-7-13-21)22-14-8-3-9-15-22/h2-3,6-9,12-15,20,23,25H,1,4-5,10-11,16-19H2,(H,27,30)/t23-/m1/s1. The molecule has 1 atom stereocenters. The molecule has 1 aliphatic carbocycles. The molecule has 4 heteroatoms. The SMILES string of the molecule is O=C(NC(c1ccccc1)c1ccccc1)[C@@H]1CCC(=O)N(CC2CCCCC2)C1. The molecule has 30 heavy (non-hydrogen) atoms. The van der Waals surface area contributed by atoms with Crippen LogP contribution in [0.2, 0.25) is 0 Å². The lowest BCUT2D eigenvalue weighted by Gasteiger charge is -2.36. The molecule has 1 saturated carbocycles. The van der Waals surface area contributed by atoms with Crippen LogP contribution in [0.5, 0.6) is 0 Å². The number of hydrogen-bond donors (Lipinski definition) is 1. The third kappa shape index (κ3) is 5.10. The Balaban J connectivity index is 1.44. The van der Waals surface area contributed by atoms with Gasteiger partial charge in [-0.3, -0.25) is 9.59 Å². The van der Waals surface area contributed by atoms with Crippen molar-refractivity contribution in [1.82, 2.24) is 10.2 Å². The van der Waals surface area contributed by atoms with Gasteiger partial charge in [-0.05, 0) is 36.3 Å². The molecular weight excluding hydrogens is 372 g/mol. The number of hydrogen-bond acceptors (Lipinski definition) is 2. The van der Waals surface area contributed by atoms with Crippen LogP contribution in [0, 0.1) is 11.8 Å². The Kier molecular flexibility index (Phi) is 6.83. The lowest BCUT2D eigenvalue weighted by Crippen LogP contribution is -2.48. The zero-order valence-corrected chi connectivity index (χ0v) is 17.6. The van der Waals surface area contributed by atoms with Gasteiger partial charge in [0.15, 0.2) is 0 Å². The Morgan fingerprint density at radius 1 is 0.900 bits per heavy atom. The van der Waals surface area contributed by atoms with E-state index in [0.717, 1.165) is 17.7 Å². The Morgan fingerprint density at radius 2 is 1.50 bits per heavy atom. The molecule has 4 nitrogen and oxygen atoms in total. The molecular formula is C26H32N2O2. The number of piperidine rings is 1. The predicted octanol–water partition coefficient (Wildman–Crippen LogP) is 4.71. The van der Waals surface area contributed by atoms with Gasteiger partial charge in [-0.15, -0.1) is 0 Å².